The first kappa shape index (κ1) is 13.1. The van der Waals surface area contributed by atoms with Crippen molar-refractivity contribution in [3.05, 3.63) is 30.1 Å². The van der Waals surface area contributed by atoms with E-state index in [0.29, 0.717) is 0 Å². The summed E-state index contributed by atoms with van der Waals surface area (Å²) in [6, 6.07) is 4.14. The second kappa shape index (κ2) is 8.25. The van der Waals surface area contributed by atoms with Gasteiger partial charge in [-0.3, -0.25) is 4.98 Å². The lowest BCUT2D eigenvalue weighted by molar-refractivity contribution is 0.324. The first-order valence-corrected chi connectivity index (χ1v) is 6.11. The largest absolute Gasteiger partial charge is 0.315 e. The van der Waals surface area contributed by atoms with E-state index in [1.165, 1.54) is 18.4 Å². The quantitative estimate of drug-likeness (QED) is 0.680. The third-order valence-corrected chi connectivity index (χ3v) is 2.58. The Morgan fingerprint density at radius 3 is 2.69 bits per heavy atom. The predicted molar refractivity (Wildman–Crippen MR) is 68.3 cm³/mol. The molecule has 0 aliphatic carbocycles. The lowest BCUT2D eigenvalue weighted by atomic mass is 10.2. The summed E-state index contributed by atoms with van der Waals surface area (Å²) in [6.45, 7) is 6.52. The lowest BCUT2D eigenvalue weighted by Gasteiger charge is -2.16. The Balaban J connectivity index is 2.09. The van der Waals surface area contributed by atoms with Crippen molar-refractivity contribution < 1.29 is 0 Å². The second-order valence-corrected chi connectivity index (χ2v) is 4.20. The molecule has 1 rings (SSSR count). The molecule has 0 atom stereocenters. The van der Waals surface area contributed by atoms with Crippen molar-refractivity contribution in [2.45, 2.75) is 26.3 Å². The Hall–Kier alpha value is -0.930. The summed E-state index contributed by atoms with van der Waals surface area (Å²) >= 11 is 0. The fourth-order valence-electron chi connectivity index (χ4n) is 1.58. The van der Waals surface area contributed by atoms with Crippen molar-refractivity contribution in [1.29, 1.82) is 0 Å². The third kappa shape index (κ3) is 5.83. The minimum Gasteiger partial charge on any atom is -0.315 e. The first-order valence-electron chi connectivity index (χ1n) is 6.11. The van der Waals surface area contributed by atoms with Crippen LogP contribution < -0.4 is 5.32 Å². The molecule has 90 valence electrons. The molecule has 0 fully saturated rings. The second-order valence-electron chi connectivity index (χ2n) is 4.20. The van der Waals surface area contributed by atoms with Gasteiger partial charge in [0, 0.05) is 32.0 Å². The van der Waals surface area contributed by atoms with Crippen molar-refractivity contribution in [3.8, 4) is 0 Å². The highest BCUT2D eigenvalue weighted by atomic mass is 15.1. The van der Waals surface area contributed by atoms with E-state index in [0.717, 1.165) is 26.2 Å². The van der Waals surface area contributed by atoms with Gasteiger partial charge in [-0.15, -0.1) is 0 Å². The molecular formula is C13H23N3. The molecule has 0 unspecified atom stereocenters. The molecule has 3 nitrogen and oxygen atoms in total. The molecule has 1 heterocycles. The fourth-order valence-corrected chi connectivity index (χ4v) is 1.58. The average molecular weight is 221 g/mol. The van der Waals surface area contributed by atoms with Gasteiger partial charge in [0.1, 0.15) is 0 Å². The molecule has 16 heavy (non-hydrogen) atoms. The van der Waals surface area contributed by atoms with Gasteiger partial charge >= 0.3 is 0 Å². The lowest BCUT2D eigenvalue weighted by Crippen LogP contribution is -2.29. The molecule has 0 amide bonds. The van der Waals surface area contributed by atoms with Gasteiger partial charge in [-0.05, 0) is 37.7 Å². The minimum absolute atomic E-state index is 0.998. The standard InChI is InChI=1S/C13H23N3/c1-3-4-7-14-10-11-16(2)12-13-5-8-15-9-6-13/h5-6,8-9,14H,3-4,7,10-12H2,1-2H3. The van der Waals surface area contributed by atoms with Gasteiger partial charge in [0.15, 0.2) is 0 Å². The molecule has 3 heteroatoms. The van der Waals surface area contributed by atoms with Crippen LogP contribution in [-0.4, -0.2) is 36.6 Å². The van der Waals surface area contributed by atoms with Gasteiger partial charge < -0.3 is 10.2 Å². The monoisotopic (exact) mass is 221 g/mol. The van der Waals surface area contributed by atoms with Crippen molar-refractivity contribution in [2.75, 3.05) is 26.7 Å². The molecule has 0 aliphatic heterocycles. The highest BCUT2D eigenvalue weighted by Gasteiger charge is 1.98. The number of unbranched alkanes of at least 4 members (excludes halogenated alkanes) is 1. The number of hydrogen-bond donors (Lipinski definition) is 1. The maximum absolute atomic E-state index is 4.02. The summed E-state index contributed by atoms with van der Waals surface area (Å²) in [7, 11) is 2.15. The average Bonchev–Trinajstić information content (AvgIpc) is 2.30. The molecule has 0 aromatic carbocycles. The number of likely N-dealkylation sites (N-methyl/N-ethyl adjacent to an activating group) is 1. The predicted octanol–water partition coefficient (Wildman–Crippen LogP) is 1.90. The Bertz CT molecular complexity index is 261. The number of aromatic nitrogens is 1. The van der Waals surface area contributed by atoms with Crippen LogP contribution >= 0.6 is 0 Å². The highest BCUT2D eigenvalue weighted by Crippen LogP contribution is 1.99. The van der Waals surface area contributed by atoms with Gasteiger partial charge in [-0.25, -0.2) is 0 Å². The van der Waals surface area contributed by atoms with Crippen LogP contribution in [0, 0.1) is 0 Å². The van der Waals surface area contributed by atoms with Crippen LogP contribution in [0.4, 0.5) is 0 Å². The Morgan fingerprint density at radius 1 is 1.25 bits per heavy atom. The van der Waals surface area contributed by atoms with Crippen molar-refractivity contribution in [2.24, 2.45) is 0 Å². The van der Waals surface area contributed by atoms with Crippen LogP contribution in [0.5, 0.6) is 0 Å². The Morgan fingerprint density at radius 2 is 2.00 bits per heavy atom. The zero-order valence-corrected chi connectivity index (χ0v) is 10.4. The molecular weight excluding hydrogens is 198 g/mol. The Kier molecular flexibility index (Phi) is 6.77. The topological polar surface area (TPSA) is 28.2 Å². The van der Waals surface area contributed by atoms with Crippen LogP contribution in [0.25, 0.3) is 0 Å². The first-order chi connectivity index (χ1) is 7.83. The molecule has 0 saturated carbocycles. The smallest absolute Gasteiger partial charge is 0.0271 e. The van der Waals surface area contributed by atoms with Crippen LogP contribution in [0.2, 0.25) is 0 Å². The van der Waals surface area contributed by atoms with Gasteiger partial charge in [0.2, 0.25) is 0 Å². The maximum Gasteiger partial charge on any atom is 0.0271 e. The Labute approximate surface area is 98.9 Å². The molecule has 1 aromatic rings. The highest BCUT2D eigenvalue weighted by molar-refractivity contribution is 5.09. The summed E-state index contributed by atoms with van der Waals surface area (Å²) in [5, 5.41) is 3.45. The van der Waals surface area contributed by atoms with Gasteiger partial charge in [-0.1, -0.05) is 13.3 Å². The summed E-state index contributed by atoms with van der Waals surface area (Å²) in [5.41, 5.74) is 1.33. The molecule has 0 spiro atoms. The van der Waals surface area contributed by atoms with Crippen molar-refractivity contribution in [3.63, 3.8) is 0 Å². The van der Waals surface area contributed by atoms with E-state index in [1.54, 1.807) is 0 Å². The van der Waals surface area contributed by atoms with Crippen LogP contribution in [0.15, 0.2) is 24.5 Å². The maximum atomic E-state index is 4.02. The molecule has 0 radical (unpaired) electrons. The molecule has 0 aliphatic rings. The van der Waals surface area contributed by atoms with E-state index in [2.05, 4.69) is 41.3 Å². The van der Waals surface area contributed by atoms with Crippen molar-refractivity contribution >= 4 is 0 Å². The summed E-state index contributed by atoms with van der Waals surface area (Å²) in [5.74, 6) is 0. The van der Waals surface area contributed by atoms with E-state index in [1.807, 2.05) is 12.4 Å². The van der Waals surface area contributed by atoms with E-state index in [-0.39, 0.29) is 0 Å². The summed E-state index contributed by atoms with van der Waals surface area (Å²) in [4.78, 5) is 6.35. The molecule has 0 saturated heterocycles. The van der Waals surface area contributed by atoms with Crippen LogP contribution in [0.3, 0.4) is 0 Å². The number of rotatable bonds is 8. The van der Waals surface area contributed by atoms with E-state index < -0.39 is 0 Å². The number of nitrogens with one attached hydrogen (secondary N) is 1. The third-order valence-electron chi connectivity index (χ3n) is 2.58. The van der Waals surface area contributed by atoms with Crippen LogP contribution in [-0.2, 0) is 6.54 Å². The van der Waals surface area contributed by atoms with E-state index in [9.17, 15) is 0 Å². The van der Waals surface area contributed by atoms with E-state index >= 15 is 0 Å². The molecule has 1 aromatic heterocycles. The zero-order valence-electron chi connectivity index (χ0n) is 10.4. The van der Waals surface area contributed by atoms with E-state index in [4.69, 9.17) is 0 Å². The van der Waals surface area contributed by atoms with Gasteiger partial charge in [-0.2, -0.15) is 0 Å². The fraction of sp³-hybridized carbons (Fsp3) is 0.615. The summed E-state index contributed by atoms with van der Waals surface area (Å²) in [6.07, 6.45) is 6.24. The van der Waals surface area contributed by atoms with Gasteiger partial charge in [0.25, 0.3) is 0 Å². The SMILES string of the molecule is CCCCNCCN(C)Cc1ccncc1. The molecule has 1 N–H and O–H groups in total. The molecule has 0 bridgehead atoms. The van der Waals surface area contributed by atoms with Crippen LogP contribution in [0.1, 0.15) is 25.3 Å². The minimum atomic E-state index is 0.998. The number of nitrogens with zero attached hydrogens (tertiary/aromatic N) is 2. The van der Waals surface area contributed by atoms with Gasteiger partial charge in [0.05, 0.1) is 0 Å². The normalized spacial score (nSPS) is 10.9. The number of pyridine rings is 1. The summed E-state index contributed by atoms with van der Waals surface area (Å²) < 4.78 is 0. The number of hydrogen-bond acceptors (Lipinski definition) is 3. The van der Waals surface area contributed by atoms with Crippen molar-refractivity contribution in [1.82, 2.24) is 15.2 Å². The zero-order chi connectivity index (χ0) is 11.6.